The monoisotopic (exact) mass is 391 g/mol. The number of aliphatic hydroxyl groups is 1. The van der Waals surface area contributed by atoms with Crippen LogP contribution in [0.3, 0.4) is 0 Å². The van der Waals surface area contributed by atoms with Crippen molar-refractivity contribution >= 4 is 23.3 Å². The highest BCUT2D eigenvalue weighted by Gasteiger charge is 2.10. The maximum atomic E-state index is 12.5. The molecule has 0 aliphatic rings. The van der Waals surface area contributed by atoms with Crippen LogP contribution in [0, 0.1) is 0 Å². The van der Waals surface area contributed by atoms with Gasteiger partial charge in [-0.05, 0) is 41.5 Å². The highest BCUT2D eigenvalue weighted by Crippen LogP contribution is 2.27. The van der Waals surface area contributed by atoms with Crippen LogP contribution in [0.25, 0.3) is 11.1 Å². The van der Waals surface area contributed by atoms with Crippen LogP contribution in [0.5, 0.6) is 5.75 Å². The third kappa shape index (κ3) is 5.33. The maximum Gasteiger partial charge on any atom is 0.319 e. The Hall–Kier alpha value is -3.84. The summed E-state index contributed by atoms with van der Waals surface area (Å²) in [6, 6.07) is 20.8. The summed E-state index contributed by atoms with van der Waals surface area (Å²) in [5, 5.41) is 26.2. The molecule has 0 bridgehead atoms. The van der Waals surface area contributed by atoms with Crippen molar-refractivity contribution in [3.05, 3.63) is 78.4 Å². The number of aromatic hydroxyl groups is 1. The second-order valence-corrected chi connectivity index (χ2v) is 6.23. The minimum absolute atomic E-state index is 0.0853. The summed E-state index contributed by atoms with van der Waals surface area (Å²) in [6.45, 7) is -0.111. The fourth-order valence-electron chi connectivity index (χ4n) is 2.70. The molecule has 0 atom stereocenters. The van der Waals surface area contributed by atoms with Gasteiger partial charge in [0.15, 0.2) is 0 Å². The standard InChI is InChI=1S/C22H21N3O4/c26-13-12-23-22(29)25-19-14-18(10-11-20(19)27)24-21(28)17-8-6-16(7-9-17)15-4-2-1-3-5-15/h1-11,14,26-27H,12-13H2,(H,24,28)(H2,23,25,29). The number of urea groups is 1. The number of anilines is 2. The van der Waals surface area contributed by atoms with E-state index < -0.39 is 6.03 Å². The molecule has 5 N–H and O–H groups in total. The molecule has 29 heavy (non-hydrogen) atoms. The zero-order valence-corrected chi connectivity index (χ0v) is 15.6. The molecule has 0 saturated heterocycles. The lowest BCUT2D eigenvalue weighted by atomic mass is 10.0. The van der Waals surface area contributed by atoms with Gasteiger partial charge in [0, 0.05) is 17.8 Å². The van der Waals surface area contributed by atoms with Crippen LogP contribution in [0.2, 0.25) is 0 Å². The number of rotatable bonds is 6. The van der Waals surface area contributed by atoms with Crippen molar-refractivity contribution in [3.63, 3.8) is 0 Å². The highest BCUT2D eigenvalue weighted by molar-refractivity contribution is 6.05. The first kappa shape index (κ1) is 19.9. The van der Waals surface area contributed by atoms with Crippen LogP contribution in [0.1, 0.15) is 10.4 Å². The Balaban J connectivity index is 1.68. The minimum Gasteiger partial charge on any atom is -0.506 e. The van der Waals surface area contributed by atoms with Crippen LogP contribution in [0.4, 0.5) is 16.2 Å². The smallest absolute Gasteiger partial charge is 0.319 e. The van der Waals surface area contributed by atoms with Crippen LogP contribution >= 0.6 is 0 Å². The number of benzene rings is 3. The van der Waals surface area contributed by atoms with Crippen molar-refractivity contribution in [2.75, 3.05) is 23.8 Å². The molecule has 0 spiro atoms. The fraction of sp³-hybridized carbons (Fsp3) is 0.0909. The summed E-state index contributed by atoms with van der Waals surface area (Å²) in [5.74, 6) is -0.458. The molecule has 3 amide bonds. The molecule has 0 unspecified atom stereocenters. The van der Waals surface area contributed by atoms with Gasteiger partial charge in [-0.15, -0.1) is 0 Å². The molecule has 0 saturated carbocycles. The van der Waals surface area contributed by atoms with Crippen molar-refractivity contribution in [2.45, 2.75) is 0 Å². The number of carbonyl (C=O) groups is 2. The van der Waals surface area contributed by atoms with Crippen molar-refractivity contribution in [1.82, 2.24) is 5.32 Å². The van der Waals surface area contributed by atoms with E-state index in [-0.39, 0.29) is 30.5 Å². The highest BCUT2D eigenvalue weighted by atomic mass is 16.3. The van der Waals surface area contributed by atoms with E-state index in [1.807, 2.05) is 42.5 Å². The first-order chi connectivity index (χ1) is 14.1. The SMILES string of the molecule is O=C(NCCO)Nc1cc(NC(=O)c2ccc(-c3ccccc3)cc2)ccc1O. The number of aliphatic hydroxyl groups excluding tert-OH is 1. The second-order valence-electron chi connectivity index (χ2n) is 6.23. The molecule has 0 aromatic heterocycles. The molecule has 3 aromatic carbocycles. The summed E-state index contributed by atoms with van der Waals surface area (Å²) in [7, 11) is 0. The van der Waals surface area contributed by atoms with E-state index in [0.29, 0.717) is 11.3 Å². The topological polar surface area (TPSA) is 111 Å². The van der Waals surface area contributed by atoms with E-state index in [9.17, 15) is 14.7 Å². The lowest BCUT2D eigenvalue weighted by Gasteiger charge is -2.11. The van der Waals surface area contributed by atoms with Gasteiger partial charge in [0.25, 0.3) is 5.91 Å². The molecule has 7 heteroatoms. The summed E-state index contributed by atoms with van der Waals surface area (Å²) in [6.07, 6.45) is 0. The molecular formula is C22H21N3O4. The molecule has 0 radical (unpaired) electrons. The van der Waals surface area contributed by atoms with Crippen molar-refractivity contribution in [2.24, 2.45) is 0 Å². The summed E-state index contributed by atoms with van der Waals surface area (Å²) in [4.78, 5) is 24.2. The lowest BCUT2D eigenvalue weighted by Crippen LogP contribution is -2.31. The number of phenols is 1. The zero-order chi connectivity index (χ0) is 20.6. The Morgan fingerprint density at radius 1 is 0.828 bits per heavy atom. The summed E-state index contributed by atoms with van der Waals surface area (Å²) >= 11 is 0. The number of hydrogen-bond donors (Lipinski definition) is 5. The number of nitrogens with one attached hydrogen (secondary N) is 3. The van der Waals surface area contributed by atoms with Gasteiger partial charge in [-0.2, -0.15) is 0 Å². The Morgan fingerprint density at radius 3 is 2.21 bits per heavy atom. The molecule has 0 fully saturated rings. The first-order valence-electron chi connectivity index (χ1n) is 9.02. The average Bonchev–Trinajstić information content (AvgIpc) is 2.75. The van der Waals surface area contributed by atoms with Gasteiger partial charge in [-0.3, -0.25) is 4.79 Å². The molecule has 3 aromatic rings. The van der Waals surface area contributed by atoms with E-state index in [2.05, 4.69) is 16.0 Å². The molecule has 0 aliphatic heterocycles. The van der Waals surface area contributed by atoms with Gasteiger partial charge in [0.1, 0.15) is 5.75 Å². The third-order valence-electron chi connectivity index (χ3n) is 4.15. The number of phenolic OH excluding ortho intramolecular Hbond substituents is 1. The summed E-state index contributed by atoms with van der Waals surface area (Å²) < 4.78 is 0. The van der Waals surface area contributed by atoms with Gasteiger partial charge in [-0.25, -0.2) is 4.79 Å². The van der Waals surface area contributed by atoms with Gasteiger partial charge in [0.2, 0.25) is 0 Å². The molecule has 7 nitrogen and oxygen atoms in total. The second kappa shape index (κ2) is 9.38. The van der Waals surface area contributed by atoms with Crippen molar-refractivity contribution in [3.8, 4) is 16.9 Å². The minimum atomic E-state index is -0.575. The van der Waals surface area contributed by atoms with Gasteiger partial charge in [-0.1, -0.05) is 42.5 Å². The molecule has 148 valence electrons. The molecular weight excluding hydrogens is 370 g/mol. The van der Waals surface area contributed by atoms with E-state index >= 15 is 0 Å². The van der Waals surface area contributed by atoms with E-state index in [0.717, 1.165) is 11.1 Å². The van der Waals surface area contributed by atoms with Crippen LogP contribution in [0.15, 0.2) is 72.8 Å². The number of hydrogen-bond acceptors (Lipinski definition) is 4. The maximum absolute atomic E-state index is 12.5. The Kier molecular flexibility index (Phi) is 6.44. The normalized spacial score (nSPS) is 10.2. The van der Waals surface area contributed by atoms with Gasteiger partial charge in [0.05, 0.1) is 12.3 Å². The zero-order valence-electron chi connectivity index (χ0n) is 15.6. The van der Waals surface area contributed by atoms with Crippen molar-refractivity contribution < 1.29 is 19.8 Å². The fourth-order valence-corrected chi connectivity index (χ4v) is 2.70. The Morgan fingerprint density at radius 2 is 1.52 bits per heavy atom. The van der Waals surface area contributed by atoms with Crippen LogP contribution in [-0.2, 0) is 0 Å². The van der Waals surface area contributed by atoms with E-state index in [1.165, 1.54) is 18.2 Å². The van der Waals surface area contributed by atoms with Gasteiger partial charge < -0.3 is 26.2 Å². The third-order valence-corrected chi connectivity index (χ3v) is 4.15. The van der Waals surface area contributed by atoms with E-state index in [4.69, 9.17) is 5.11 Å². The van der Waals surface area contributed by atoms with Crippen LogP contribution in [-0.4, -0.2) is 35.3 Å². The number of amides is 3. The molecule has 0 heterocycles. The molecule has 0 aliphatic carbocycles. The molecule has 3 rings (SSSR count). The first-order valence-corrected chi connectivity index (χ1v) is 9.02. The Bertz CT molecular complexity index is 989. The quantitative estimate of drug-likeness (QED) is 0.327. The number of carbonyl (C=O) groups excluding carboxylic acids is 2. The predicted molar refractivity (Wildman–Crippen MR) is 112 cm³/mol. The van der Waals surface area contributed by atoms with Crippen LogP contribution < -0.4 is 16.0 Å². The summed E-state index contributed by atoms with van der Waals surface area (Å²) in [5.41, 5.74) is 3.10. The predicted octanol–water partition coefficient (Wildman–Crippen LogP) is 3.43. The average molecular weight is 391 g/mol. The lowest BCUT2D eigenvalue weighted by molar-refractivity contribution is 0.102. The Labute approximate surface area is 168 Å². The van der Waals surface area contributed by atoms with Gasteiger partial charge >= 0.3 is 6.03 Å². The van der Waals surface area contributed by atoms with Crippen molar-refractivity contribution in [1.29, 1.82) is 0 Å². The largest absolute Gasteiger partial charge is 0.506 e. The van der Waals surface area contributed by atoms with E-state index in [1.54, 1.807) is 12.1 Å².